The Labute approximate surface area is 55.4 Å². The third-order valence-corrected chi connectivity index (χ3v) is 2.17. The van der Waals surface area contributed by atoms with Crippen LogP contribution in [0.25, 0.3) is 0 Å². The molecule has 9 heavy (non-hydrogen) atoms. The molecule has 0 spiro atoms. The van der Waals surface area contributed by atoms with E-state index in [-0.39, 0.29) is 6.61 Å². The molecule has 0 radical (unpaired) electrons. The summed E-state index contributed by atoms with van der Waals surface area (Å²) < 4.78 is 0. The van der Waals surface area contributed by atoms with Crippen LogP contribution in [0.5, 0.6) is 0 Å². The van der Waals surface area contributed by atoms with Crippen molar-refractivity contribution < 1.29 is 5.11 Å². The molecular weight excluding hydrogens is 114 g/mol. The Kier molecular flexibility index (Phi) is 2.22. The highest BCUT2D eigenvalue weighted by molar-refractivity contribution is 5.57. The van der Waals surface area contributed by atoms with Gasteiger partial charge in [-0.1, -0.05) is 6.42 Å². The summed E-state index contributed by atoms with van der Waals surface area (Å²) in [5.41, 5.74) is 0. The van der Waals surface area contributed by atoms with Gasteiger partial charge in [0.2, 0.25) is 0 Å². The van der Waals surface area contributed by atoms with E-state index in [4.69, 9.17) is 10.5 Å². The maximum absolute atomic E-state index is 8.76. The molecular formula is C7H13NO. The van der Waals surface area contributed by atoms with Crippen molar-refractivity contribution in [3.63, 3.8) is 0 Å². The molecule has 2 heteroatoms. The zero-order valence-electron chi connectivity index (χ0n) is 5.51. The van der Waals surface area contributed by atoms with Crippen molar-refractivity contribution in [3.05, 3.63) is 0 Å². The molecule has 0 aromatic rings. The van der Waals surface area contributed by atoms with Crippen molar-refractivity contribution in [1.29, 1.82) is 5.41 Å². The van der Waals surface area contributed by atoms with Gasteiger partial charge in [-0.05, 0) is 30.9 Å². The normalized spacial score (nSPS) is 34.8. The minimum absolute atomic E-state index is 0.264. The Morgan fingerprint density at radius 3 is 2.78 bits per heavy atom. The lowest BCUT2D eigenvalue weighted by Gasteiger charge is -2.09. The highest BCUT2D eigenvalue weighted by Gasteiger charge is 2.23. The van der Waals surface area contributed by atoms with Crippen LogP contribution in [0.4, 0.5) is 0 Å². The molecule has 1 saturated carbocycles. The Hall–Kier alpha value is -0.370. The fourth-order valence-electron chi connectivity index (χ4n) is 1.51. The van der Waals surface area contributed by atoms with E-state index in [1.165, 1.54) is 12.6 Å². The zero-order chi connectivity index (χ0) is 6.69. The molecule has 0 aromatic heterocycles. The van der Waals surface area contributed by atoms with Crippen LogP contribution in [0, 0.1) is 17.2 Å². The smallest absolute Gasteiger partial charge is 0.0465 e. The van der Waals surface area contributed by atoms with Crippen LogP contribution < -0.4 is 0 Å². The third kappa shape index (κ3) is 1.30. The van der Waals surface area contributed by atoms with Crippen LogP contribution in [0.1, 0.15) is 19.3 Å². The van der Waals surface area contributed by atoms with Crippen LogP contribution in [-0.2, 0) is 0 Å². The minimum Gasteiger partial charge on any atom is -0.396 e. The molecule has 2 nitrogen and oxygen atoms in total. The first kappa shape index (κ1) is 6.75. The van der Waals surface area contributed by atoms with Crippen molar-refractivity contribution in [2.75, 3.05) is 6.61 Å². The summed E-state index contributed by atoms with van der Waals surface area (Å²) in [6, 6.07) is 0. The summed E-state index contributed by atoms with van der Waals surface area (Å²) in [5.74, 6) is 0.762. The molecule has 0 bridgehead atoms. The second-order valence-electron chi connectivity index (χ2n) is 2.70. The van der Waals surface area contributed by atoms with Crippen LogP contribution in [0.2, 0.25) is 0 Å². The molecule has 0 unspecified atom stereocenters. The van der Waals surface area contributed by atoms with Gasteiger partial charge in [0.05, 0.1) is 0 Å². The average molecular weight is 127 g/mol. The standard InChI is InChI=1S/C7H13NO/c8-4-6-2-1-3-7(6)5-9/h4,6-9H,1-3,5H2/t6-,7+/m1/s1. The largest absolute Gasteiger partial charge is 0.396 e. The predicted molar refractivity (Wildman–Crippen MR) is 36.7 cm³/mol. The van der Waals surface area contributed by atoms with E-state index in [2.05, 4.69) is 0 Å². The second kappa shape index (κ2) is 2.97. The van der Waals surface area contributed by atoms with Crippen LogP contribution >= 0.6 is 0 Å². The maximum Gasteiger partial charge on any atom is 0.0465 e. The van der Waals surface area contributed by atoms with Gasteiger partial charge in [-0.3, -0.25) is 0 Å². The second-order valence-corrected chi connectivity index (χ2v) is 2.70. The molecule has 0 heterocycles. The van der Waals surface area contributed by atoms with Crippen LogP contribution in [0.15, 0.2) is 0 Å². The van der Waals surface area contributed by atoms with Crippen LogP contribution in [0.3, 0.4) is 0 Å². The highest BCUT2D eigenvalue weighted by Crippen LogP contribution is 2.29. The van der Waals surface area contributed by atoms with Crippen molar-refractivity contribution in [2.45, 2.75) is 19.3 Å². The fourth-order valence-corrected chi connectivity index (χ4v) is 1.51. The van der Waals surface area contributed by atoms with Crippen molar-refractivity contribution >= 4 is 6.21 Å². The summed E-state index contributed by atoms with van der Waals surface area (Å²) in [7, 11) is 0. The lowest BCUT2D eigenvalue weighted by atomic mass is 9.99. The van der Waals surface area contributed by atoms with E-state index < -0.39 is 0 Å². The van der Waals surface area contributed by atoms with Gasteiger partial charge >= 0.3 is 0 Å². The van der Waals surface area contributed by atoms with Gasteiger partial charge in [0.25, 0.3) is 0 Å². The van der Waals surface area contributed by atoms with Gasteiger partial charge in [0.1, 0.15) is 0 Å². The minimum atomic E-state index is 0.264. The SMILES string of the molecule is N=C[C@H]1CCC[C@H]1CO. The molecule has 52 valence electrons. The number of hydrogen-bond donors (Lipinski definition) is 2. The van der Waals surface area contributed by atoms with Crippen molar-refractivity contribution in [3.8, 4) is 0 Å². The molecule has 0 aromatic carbocycles. The van der Waals surface area contributed by atoms with E-state index in [1.807, 2.05) is 0 Å². The van der Waals surface area contributed by atoms with Gasteiger partial charge in [-0.2, -0.15) is 0 Å². The summed E-state index contributed by atoms with van der Waals surface area (Å²) in [6.45, 7) is 0.264. The van der Waals surface area contributed by atoms with E-state index in [1.54, 1.807) is 0 Å². The molecule has 1 rings (SSSR count). The molecule has 0 amide bonds. The molecule has 0 saturated heterocycles. The monoisotopic (exact) mass is 127 g/mol. The summed E-state index contributed by atoms with van der Waals surface area (Å²) in [6.07, 6.45) is 4.88. The lowest BCUT2D eigenvalue weighted by Crippen LogP contribution is -2.12. The summed E-state index contributed by atoms with van der Waals surface area (Å²) >= 11 is 0. The lowest BCUT2D eigenvalue weighted by molar-refractivity contribution is 0.216. The van der Waals surface area contributed by atoms with Gasteiger partial charge in [-0.15, -0.1) is 0 Å². The molecule has 2 atom stereocenters. The molecule has 2 N–H and O–H groups in total. The third-order valence-electron chi connectivity index (χ3n) is 2.17. The molecule has 1 fully saturated rings. The quantitative estimate of drug-likeness (QED) is 0.535. The maximum atomic E-state index is 8.76. The van der Waals surface area contributed by atoms with E-state index >= 15 is 0 Å². The van der Waals surface area contributed by atoms with Crippen molar-refractivity contribution in [2.24, 2.45) is 11.8 Å². The first-order chi connectivity index (χ1) is 4.38. The van der Waals surface area contributed by atoms with Gasteiger partial charge < -0.3 is 10.5 Å². The first-order valence-corrected chi connectivity index (χ1v) is 3.50. The topological polar surface area (TPSA) is 44.1 Å². The van der Waals surface area contributed by atoms with Gasteiger partial charge in [-0.25, -0.2) is 0 Å². The van der Waals surface area contributed by atoms with E-state index in [9.17, 15) is 0 Å². The molecule has 1 aliphatic rings. The molecule has 0 aliphatic heterocycles. The van der Waals surface area contributed by atoms with Crippen LogP contribution in [-0.4, -0.2) is 17.9 Å². The molecule has 1 aliphatic carbocycles. The van der Waals surface area contributed by atoms with E-state index in [0.717, 1.165) is 12.8 Å². The Morgan fingerprint density at radius 2 is 2.33 bits per heavy atom. The van der Waals surface area contributed by atoms with Crippen molar-refractivity contribution in [1.82, 2.24) is 0 Å². The summed E-state index contributed by atoms with van der Waals surface area (Å²) in [4.78, 5) is 0. The number of aliphatic hydroxyl groups is 1. The summed E-state index contributed by atoms with van der Waals surface area (Å²) in [5, 5.41) is 15.8. The predicted octanol–water partition coefficient (Wildman–Crippen LogP) is 1.04. The average Bonchev–Trinajstić information content (AvgIpc) is 2.33. The Morgan fingerprint density at radius 1 is 1.56 bits per heavy atom. The van der Waals surface area contributed by atoms with E-state index in [0.29, 0.717) is 11.8 Å². The van der Waals surface area contributed by atoms with Gasteiger partial charge in [0, 0.05) is 6.61 Å². The Balaban J connectivity index is 2.41. The number of nitrogens with one attached hydrogen (secondary N) is 1. The number of hydrogen-bond acceptors (Lipinski definition) is 2. The Bertz CT molecular complexity index is 103. The number of aliphatic hydroxyl groups excluding tert-OH is 1. The highest BCUT2D eigenvalue weighted by atomic mass is 16.3. The van der Waals surface area contributed by atoms with Gasteiger partial charge in [0.15, 0.2) is 0 Å². The fraction of sp³-hybridized carbons (Fsp3) is 0.857. The zero-order valence-corrected chi connectivity index (χ0v) is 5.51. The first-order valence-electron chi connectivity index (χ1n) is 3.50. The number of rotatable bonds is 2.